The van der Waals surface area contributed by atoms with Gasteiger partial charge in [-0.05, 0) is 55.5 Å². The lowest BCUT2D eigenvalue weighted by Crippen LogP contribution is -2.37. The Morgan fingerprint density at radius 1 is 0.838 bits per heavy atom. The first-order chi connectivity index (χ1) is 17.8. The number of benzene rings is 2. The van der Waals surface area contributed by atoms with E-state index in [-0.39, 0.29) is 11.2 Å². The summed E-state index contributed by atoms with van der Waals surface area (Å²) in [5, 5.41) is 0. The van der Waals surface area contributed by atoms with Gasteiger partial charge in [-0.1, -0.05) is 62.9 Å². The van der Waals surface area contributed by atoms with Gasteiger partial charge in [0.1, 0.15) is 0 Å². The maximum Gasteiger partial charge on any atom is 0.332 e. The van der Waals surface area contributed by atoms with E-state index in [2.05, 4.69) is 67.8 Å². The maximum absolute atomic E-state index is 13.2. The summed E-state index contributed by atoms with van der Waals surface area (Å²) in [7, 11) is 3.16. The van der Waals surface area contributed by atoms with Crippen molar-refractivity contribution >= 4 is 16.9 Å². The second kappa shape index (κ2) is 9.88. The van der Waals surface area contributed by atoms with Gasteiger partial charge in [0.15, 0.2) is 11.2 Å². The quantitative estimate of drug-likeness (QED) is 0.267. The zero-order valence-corrected chi connectivity index (χ0v) is 22.4. The molecule has 3 heterocycles. The second-order valence-corrected chi connectivity index (χ2v) is 10.2. The molecule has 37 heavy (non-hydrogen) atoms. The number of imidazole rings is 2. The van der Waals surface area contributed by atoms with Crippen molar-refractivity contribution in [2.24, 2.45) is 14.1 Å². The van der Waals surface area contributed by atoms with E-state index in [1.807, 2.05) is 10.6 Å². The highest BCUT2D eigenvalue weighted by molar-refractivity contribution is 5.79. The predicted octanol–water partition coefficient (Wildman–Crippen LogP) is 5.47. The van der Waals surface area contributed by atoms with Crippen molar-refractivity contribution < 1.29 is 0 Å². The highest BCUT2D eigenvalue weighted by atomic mass is 16.2. The number of unbranched alkanes of at least 4 members (excludes halogenated alkanes) is 4. The SMILES string of the molecule is CCCCCCCc1ccc(-c2cn3c4c(=O)n(C)c(=O)n(C)c4nc3n2-c2cc(C)cc(C)c2)cc1. The number of aryl methyl sites for hydroxylation is 4. The Morgan fingerprint density at radius 3 is 2.19 bits per heavy atom. The first-order valence-electron chi connectivity index (χ1n) is 13.2. The summed E-state index contributed by atoms with van der Waals surface area (Å²) in [5.41, 5.74) is 6.63. The molecular formula is C30H35N5O2. The van der Waals surface area contributed by atoms with E-state index in [1.165, 1.54) is 49.3 Å². The van der Waals surface area contributed by atoms with Crippen molar-refractivity contribution in [3.8, 4) is 16.9 Å². The molecule has 7 heteroatoms. The Labute approximate surface area is 216 Å². The van der Waals surface area contributed by atoms with Gasteiger partial charge in [0.2, 0.25) is 5.78 Å². The lowest BCUT2D eigenvalue weighted by molar-refractivity contribution is 0.632. The van der Waals surface area contributed by atoms with Gasteiger partial charge in [-0.2, -0.15) is 4.98 Å². The molecule has 0 spiro atoms. The van der Waals surface area contributed by atoms with Crippen LogP contribution in [0.2, 0.25) is 0 Å². The summed E-state index contributed by atoms with van der Waals surface area (Å²) >= 11 is 0. The van der Waals surface area contributed by atoms with Gasteiger partial charge in [0.25, 0.3) is 5.56 Å². The number of hydrogen-bond donors (Lipinski definition) is 0. The highest BCUT2D eigenvalue weighted by Crippen LogP contribution is 2.30. The average molecular weight is 498 g/mol. The number of rotatable bonds is 8. The molecule has 0 radical (unpaired) electrons. The monoisotopic (exact) mass is 497 g/mol. The number of hydrogen-bond acceptors (Lipinski definition) is 3. The van der Waals surface area contributed by atoms with Crippen LogP contribution in [0.15, 0.2) is 58.3 Å². The zero-order chi connectivity index (χ0) is 26.3. The van der Waals surface area contributed by atoms with E-state index in [9.17, 15) is 9.59 Å². The zero-order valence-electron chi connectivity index (χ0n) is 22.4. The van der Waals surface area contributed by atoms with Gasteiger partial charge >= 0.3 is 5.69 Å². The molecule has 7 nitrogen and oxygen atoms in total. The molecule has 0 fully saturated rings. The molecule has 5 rings (SSSR count). The molecule has 0 aliphatic carbocycles. The molecule has 0 aliphatic rings. The van der Waals surface area contributed by atoms with Crippen molar-refractivity contribution in [1.29, 1.82) is 0 Å². The van der Waals surface area contributed by atoms with Crippen LogP contribution in [0, 0.1) is 13.8 Å². The van der Waals surface area contributed by atoms with Crippen LogP contribution in [0.4, 0.5) is 0 Å². The average Bonchev–Trinajstić information content (AvgIpc) is 3.42. The number of aromatic nitrogens is 5. The molecule has 0 N–H and O–H groups in total. The van der Waals surface area contributed by atoms with E-state index in [0.717, 1.165) is 39.1 Å². The Morgan fingerprint density at radius 2 is 1.51 bits per heavy atom. The van der Waals surface area contributed by atoms with Crippen molar-refractivity contribution in [3.05, 3.63) is 86.2 Å². The van der Waals surface area contributed by atoms with Gasteiger partial charge in [0.05, 0.1) is 5.69 Å². The van der Waals surface area contributed by atoms with Crippen molar-refractivity contribution in [2.75, 3.05) is 0 Å². The van der Waals surface area contributed by atoms with Gasteiger partial charge in [-0.25, -0.2) is 4.79 Å². The Bertz CT molecular complexity index is 1690. The third-order valence-electron chi connectivity index (χ3n) is 7.25. The maximum atomic E-state index is 13.2. The molecular weight excluding hydrogens is 462 g/mol. The van der Waals surface area contributed by atoms with Crippen molar-refractivity contribution in [3.63, 3.8) is 0 Å². The fourth-order valence-electron chi connectivity index (χ4n) is 5.28. The first-order valence-corrected chi connectivity index (χ1v) is 13.2. The summed E-state index contributed by atoms with van der Waals surface area (Å²) in [6.45, 7) is 6.40. The van der Waals surface area contributed by atoms with Gasteiger partial charge < -0.3 is 0 Å². The molecule has 3 aromatic heterocycles. The lowest BCUT2D eigenvalue weighted by Gasteiger charge is -2.12. The van der Waals surface area contributed by atoms with Crippen LogP contribution in [0.25, 0.3) is 33.9 Å². The van der Waals surface area contributed by atoms with Gasteiger partial charge in [0, 0.05) is 31.5 Å². The third kappa shape index (κ3) is 4.43. The Hall–Kier alpha value is -3.87. The Kier molecular flexibility index (Phi) is 6.63. The minimum Gasteiger partial charge on any atom is -0.279 e. The molecule has 0 amide bonds. The topological polar surface area (TPSA) is 66.2 Å². The number of nitrogens with zero attached hydrogens (tertiary/aromatic N) is 5. The number of fused-ring (bicyclic) bond motifs is 3. The molecule has 0 atom stereocenters. The summed E-state index contributed by atoms with van der Waals surface area (Å²) in [6.07, 6.45) is 9.40. The molecule has 0 unspecified atom stereocenters. The smallest absolute Gasteiger partial charge is 0.279 e. The lowest BCUT2D eigenvalue weighted by atomic mass is 10.0. The van der Waals surface area contributed by atoms with E-state index in [1.54, 1.807) is 7.05 Å². The molecule has 0 bridgehead atoms. The fraction of sp³-hybridized carbons (Fsp3) is 0.367. The normalized spacial score (nSPS) is 11.7. The minimum absolute atomic E-state index is 0.354. The molecule has 0 saturated heterocycles. The molecule has 0 saturated carbocycles. The van der Waals surface area contributed by atoms with Gasteiger partial charge in [-0.3, -0.25) is 22.9 Å². The van der Waals surface area contributed by atoms with E-state index in [4.69, 9.17) is 4.98 Å². The predicted molar refractivity (Wildman–Crippen MR) is 150 cm³/mol. The van der Waals surface area contributed by atoms with E-state index < -0.39 is 0 Å². The summed E-state index contributed by atoms with van der Waals surface area (Å²) in [5.74, 6) is 0.605. The van der Waals surface area contributed by atoms with Crippen molar-refractivity contribution in [1.82, 2.24) is 23.1 Å². The molecule has 0 aliphatic heterocycles. The van der Waals surface area contributed by atoms with E-state index >= 15 is 0 Å². The van der Waals surface area contributed by atoms with Crippen LogP contribution in [-0.2, 0) is 20.5 Å². The van der Waals surface area contributed by atoms with Crippen LogP contribution < -0.4 is 11.2 Å². The van der Waals surface area contributed by atoms with Crippen LogP contribution in [0.3, 0.4) is 0 Å². The molecule has 5 aromatic rings. The fourth-order valence-corrected chi connectivity index (χ4v) is 5.28. The minimum atomic E-state index is -0.387. The summed E-state index contributed by atoms with van der Waals surface area (Å²) < 4.78 is 6.49. The van der Waals surface area contributed by atoms with Crippen molar-refractivity contribution in [2.45, 2.75) is 59.3 Å². The summed E-state index contributed by atoms with van der Waals surface area (Å²) in [4.78, 5) is 30.5. The summed E-state index contributed by atoms with van der Waals surface area (Å²) in [6, 6.07) is 15.1. The first kappa shape index (κ1) is 24.8. The standard InChI is InChI=1S/C30H35N5O2/c1-6-7-8-9-10-11-22-12-14-23(15-13-22)25-19-34-26-27(32(4)30(37)33(5)28(26)36)31-29(34)35(25)24-17-20(2)16-21(3)18-24/h12-19H,6-11H2,1-5H3. The second-order valence-electron chi connectivity index (χ2n) is 10.2. The van der Waals surface area contributed by atoms with Crippen LogP contribution in [0.1, 0.15) is 55.7 Å². The molecule has 192 valence electrons. The highest BCUT2D eigenvalue weighted by Gasteiger charge is 2.22. The third-order valence-corrected chi connectivity index (χ3v) is 7.25. The van der Waals surface area contributed by atoms with E-state index in [0.29, 0.717) is 16.9 Å². The molecule has 2 aromatic carbocycles. The van der Waals surface area contributed by atoms with Crippen LogP contribution >= 0.6 is 0 Å². The largest absolute Gasteiger partial charge is 0.332 e. The Balaban J connectivity index is 1.67. The van der Waals surface area contributed by atoms with Crippen LogP contribution in [0.5, 0.6) is 0 Å². The van der Waals surface area contributed by atoms with Gasteiger partial charge in [-0.15, -0.1) is 0 Å². The van der Waals surface area contributed by atoms with Crippen LogP contribution in [-0.4, -0.2) is 23.1 Å².